The van der Waals surface area contributed by atoms with Gasteiger partial charge in [-0.2, -0.15) is 0 Å². The zero-order chi connectivity index (χ0) is 14.3. The first-order valence-corrected chi connectivity index (χ1v) is 8.38. The molecule has 1 atom stereocenters. The molecular weight excluding hydrogens is 252 g/mol. The van der Waals surface area contributed by atoms with Gasteiger partial charge in [-0.05, 0) is 38.6 Å². The smallest absolute Gasteiger partial charge is 0.224 e. The van der Waals surface area contributed by atoms with Gasteiger partial charge in [0.15, 0.2) is 0 Å². The molecule has 1 aliphatic carbocycles. The second kappa shape index (κ2) is 7.99. The number of carbonyl (C=O) groups excluding carboxylic acids is 1. The highest BCUT2D eigenvalue weighted by atomic mass is 16.5. The fraction of sp³-hybridized carbons (Fsp3) is 0.938. The zero-order valence-corrected chi connectivity index (χ0v) is 12.9. The number of piperidine rings is 1. The topological polar surface area (TPSA) is 50.4 Å². The molecule has 2 aliphatic rings. The van der Waals surface area contributed by atoms with Gasteiger partial charge in [0.05, 0.1) is 11.5 Å². The Labute approximate surface area is 123 Å². The van der Waals surface area contributed by atoms with Crippen molar-refractivity contribution in [2.45, 2.75) is 63.9 Å². The summed E-state index contributed by atoms with van der Waals surface area (Å²) in [4.78, 5) is 12.3. The lowest BCUT2D eigenvalue weighted by Crippen LogP contribution is -2.49. The second-order valence-corrected chi connectivity index (χ2v) is 6.35. The first-order valence-electron chi connectivity index (χ1n) is 8.38. The van der Waals surface area contributed by atoms with E-state index in [1.807, 2.05) is 0 Å². The summed E-state index contributed by atoms with van der Waals surface area (Å²) in [5, 5.41) is 6.47. The number of rotatable bonds is 6. The van der Waals surface area contributed by atoms with Crippen molar-refractivity contribution in [3.05, 3.63) is 0 Å². The summed E-state index contributed by atoms with van der Waals surface area (Å²) in [6, 6.07) is 0. The lowest BCUT2D eigenvalue weighted by molar-refractivity contribution is -0.128. The highest BCUT2D eigenvalue weighted by Crippen LogP contribution is 2.31. The Kier molecular flexibility index (Phi) is 6.30. The number of ether oxygens (including phenoxy) is 1. The average Bonchev–Trinajstić information content (AvgIpc) is 2.52. The lowest BCUT2D eigenvalue weighted by atomic mass is 9.84. The van der Waals surface area contributed by atoms with Crippen molar-refractivity contribution in [1.29, 1.82) is 0 Å². The van der Waals surface area contributed by atoms with Gasteiger partial charge in [-0.15, -0.1) is 0 Å². The summed E-state index contributed by atoms with van der Waals surface area (Å²) >= 11 is 0. The number of amides is 1. The highest BCUT2D eigenvalue weighted by molar-refractivity contribution is 5.79. The Morgan fingerprint density at radius 1 is 1.30 bits per heavy atom. The molecule has 0 aromatic rings. The van der Waals surface area contributed by atoms with Crippen molar-refractivity contribution in [3.8, 4) is 0 Å². The van der Waals surface area contributed by atoms with Gasteiger partial charge in [0, 0.05) is 19.7 Å². The Morgan fingerprint density at radius 3 is 2.75 bits per heavy atom. The standard InChI is InChI=1S/C16H30N2O2/c1-2-11-20-16(8-4-3-5-9-16)13-18-15(19)14-7-6-10-17-12-14/h14,17H,2-13H2,1H3,(H,18,19). The van der Waals surface area contributed by atoms with Crippen LogP contribution in [0.25, 0.3) is 0 Å². The number of hydrogen-bond donors (Lipinski definition) is 2. The summed E-state index contributed by atoms with van der Waals surface area (Å²) in [6.45, 7) is 5.52. The van der Waals surface area contributed by atoms with Crippen LogP contribution >= 0.6 is 0 Å². The Balaban J connectivity index is 1.82. The molecule has 20 heavy (non-hydrogen) atoms. The van der Waals surface area contributed by atoms with Crippen LogP contribution in [-0.2, 0) is 9.53 Å². The molecule has 0 bridgehead atoms. The quantitative estimate of drug-likeness (QED) is 0.785. The lowest BCUT2D eigenvalue weighted by Gasteiger charge is -2.38. The largest absolute Gasteiger partial charge is 0.373 e. The predicted molar refractivity (Wildman–Crippen MR) is 80.7 cm³/mol. The van der Waals surface area contributed by atoms with E-state index in [4.69, 9.17) is 4.74 Å². The third-order valence-corrected chi connectivity index (χ3v) is 4.63. The van der Waals surface area contributed by atoms with E-state index in [-0.39, 0.29) is 17.4 Å². The fourth-order valence-electron chi connectivity index (χ4n) is 3.35. The Hall–Kier alpha value is -0.610. The van der Waals surface area contributed by atoms with Crippen LogP contribution in [0.4, 0.5) is 0 Å². The van der Waals surface area contributed by atoms with Crippen molar-refractivity contribution < 1.29 is 9.53 Å². The molecule has 116 valence electrons. The molecule has 0 aromatic carbocycles. The van der Waals surface area contributed by atoms with Gasteiger partial charge in [0.1, 0.15) is 0 Å². The molecule has 2 fully saturated rings. The normalized spacial score (nSPS) is 26.1. The molecule has 2 rings (SSSR count). The van der Waals surface area contributed by atoms with Crippen molar-refractivity contribution >= 4 is 5.91 Å². The minimum Gasteiger partial charge on any atom is -0.373 e. The summed E-state index contributed by atoms with van der Waals surface area (Å²) in [6.07, 6.45) is 9.11. The molecular formula is C16H30N2O2. The van der Waals surface area contributed by atoms with E-state index in [0.29, 0.717) is 6.54 Å². The van der Waals surface area contributed by atoms with Gasteiger partial charge in [0.2, 0.25) is 5.91 Å². The van der Waals surface area contributed by atoms with E-state index >= 15 is 0 Å². The highest BCUT2D eigenvalue weighted by Gasteiger charge is 2.34. The zero-order valence-electron chi connectivity index (χ0n) is 12.9. The summed E-state index contributed by atoms with van der Waals surface area (Å²) in [7, 11) is 0. The third kappa shape index (κ3) is 4.45. The van der Waals surface area contributed by atoms with Crippen LogP contribution in [-0.4, -0.2) is 37.7 Å². The number of hydrogen-bond acceptors (Lipinski definition) is 3. The van der Waals surface area contributed by atoms with E-state index < -0.39 is 0 Å². The van der Waals surface area contributed by atoms with Gasteiger partial charge >= 0.3 is 0 Å². The van der Waals surface area contributed by atoms with Crippen molar-refractivity contribution in [2.75, 3.05) is 26.2 Å². The predicted octanol–water partition coefficient (Wildman–Crippen LogP) is 2.23. The molecule has 1 amide bonds. The molecule has 1 heterocycles. The van der Waals surface area contributed by atoms with E-state index in [1.54, 1.807) is 0 Å². The molecule has 1 aliphatic heterocycles. The van der Waals surface area contributed by atoms with Crippen molar-refractivity contribution in [3.63, 3.8) is 0 Å². The number of nitrogens with one attached hydrogen (secondary N) is 2. The Morgan fingerprint density at radius 2 is 2.10 bits per heavy atom. The molecule has 4 nitrogen and oxygen atoms in total. The maximum absolute atomic E-state index is 12.3. The van der Waals surface area contributed by atoms with Crippen LogP contribution in [0.2, 0.25) is 0 Å². The van der Waals surface area contributed by atoms with E-state index in [0.717, 1.165) is 51.8 Å². The van der Waals surface area contributed by atoms with Gasteiger partial charge < -0.3 is 15.4 Å². The van der Waals surface area contributed by atoms with Crippen LogP contribution in [0.15, 0.2) is 0 Å². The Bertz CT molecular complexity index is 295. The van der Waals surface area contributed by atoms with Gasteiger partial charge in [-0.3, -0.25) is 4.79 Å². The SMILES string of the molecule is CCCOC1(CNC(=O)C2CCCNC2)CCCCC1. The minimum atomic E-state index is -0.0913. The van der Waals surface area contributed by atoms with Crippen LogP contribution < -0.4 is 10.6 Å². The first kappa shape index (κ1) is 15.8. The van der Waals surface area contributed by atoms with E-state index in [1.165, 1.54) is 19.3 Å². The molecule has 1 unspecified atom stereocenters. The van der Waals surface area contributed by atoms with Gasteiger partial charge in [-0.1, -0.05) is 26.2 Å². The summed E-state index contributed by atoms with van der Waals surface area (Å²) < 4.78 is 6.13. The molecule has 0 aromatic heterocycles. The maximum atomic E-state index is 12.3. The van der Waals surface area contributed by atoms with E-state index in [2.05, 4.69) is 17.6 Å². The maximum Gasteiger partial charge on any atom is 0.224 e. The summed E-state index contributed by atoms with van der Waals surface area (Å²) in [5.74, 6) is 0.359. The monoisotopic (exact) mass is 282 g/mol. The summed E-state index contributed by atoms with van der Waals surface area (Å²) in [5.41, 5.74) is -0.0913. The second-order valence-electron chi connectivity index (χ2n) is 6.35. The first-order chi connectivity index (χ1) is 9.76. The van der Waals surface area contributed by atoms with Crippen LogP contribution in [0.3, 0.4) is 0 Å². The third-order valence-electron chi connectivity index (χ3n) is 4.63. The molecule has 1 saturated heterocycles. The molecule has 2 N–H and O–H groups in total. The molecule has 1 saturated carbocycles. The number of carbonyl (C=O) groups is 1. The van der Waals surface area contributed by atoms with E-state index in [9.17, 15) is 4.79 Å². The average molecular weight is 282 g/mol. The molecule has 0 radical (unpaired) electrons. The van der Waals surface area contributed by atoms with Gasteiger partial charge in [-0.25, -0.2) is 0 Å². The fourth-order valence-corrected chi connectivity index (χ4v) is 3.35. The molecule has 4 heteroatoms. The molecule has 0 spiro atoms. The van der Waals surface area contributed by atoms with Crippen LogP contribution in [0.5, 0.6) is 0 Å². The van der Waals surface area contributed by atoms with Crippen LogP contribution in [0.1, 0.15) is 58.3 Å². The van der Waals surface area contributed by atoms with Crippen molar-refractivity contribution in [2.24, 2.45) is 5.92 Å². The van der Waals surface area contributed by atoms with Gasteiger partial charge in [0.25, 0.3) is 0 Å². The van der Waals surface area contributed by atoms with Crippen molar-refractivity contribution in [1.82, 2.24) is 10.6 Å². The van der Waals surface area contributed by atoms with Crippen LogP contribution in [0, 0.1) is 5.92 Å². The minimum absolute atomic E-state index is 0.0913.